The molecule has 0 aliphatic rings. The second-order valence-corrected chi connectivity index (χ2v) is 3.85. The van der Waals surface area contributed by atoms with Gasteiger partial charge < -0.3 is 0 Å². The lowest BCUT2D eigenvalue weighted by Gasteiger charge is -2.05. The zero-order valence-corrected chi connectivity index (χ0v) is 11.4. The summed E-state index contributed by atoms with van der Waals surface area (Å²) in [6.07, 6.45) is 6.14. The molecule has 0 atom stereocenters. The Labute approximate surface area is 111 Å². The first-order valence-electron chi connectivity index (χ1n) is 6.63. The number of allylic oxidation sites excluding steroid dienone is 1. The lowest BCUT2D eigenvalue weighted by atomic mass is 10.0. The van der Waals surface area contributed by atoms with Crippen LogP contribution in [-0.4, -0.2) is 0 Å². The fourth-order valence-corrected chi connectivity index (χ4v) is 1.97. The van der Waals surface area contributed by atoms with Crippen molar-refractivity contribution in [2.75, 3.05) is 0 Å². The molecular formula is C18H21. The number of rotatable bonds is 4. The number of hydrogen-bond donors (Lipinski definition) is 0. The summed E-state index contributed by atoms with van der Waals surface area (Å²) in [7, 11) is 0. The molecule has 1 radical (unpaired) electrons. The molecular weight excluding hydrogens is 216 g/mol. The molecule has 0 nitrogen and oxygen atoms in total. The molecule has 0 unspecified atom stereocenters. The van der Waals surface area contributed by atoms with Crippen LogP contribution < -0.4 is 0 Å². The molecule has 0 bridgehead atoms. The van der Waals surface area contributed by atoms with E-state index in [1.54, 1.807) is 0 Å². The molecule has 0 fully saturated rings. The average molecular weight is 237 g/mol. The SMILES string of the molecule is C=C=[C]CCCc1cccc2ccccc12.CC. The van der Waals surface area contributed by atoms with Gasteiger partial charge in [-0.05, 0) is 35.6 Å². The Hall–Kier alpha value is -1.78. The van der Waals surface area contributed by atoms with Gasteiger partial charge in [-0.15, -0.1) is 5.73 Å². The van der Waals surface area contributed by atoms with Gasteiger partial charge in [0.1, 0.15) is 0 Å². The van der Waals surface area contributed by atoms with Gasteiger partial charge in [0.2, 0.25) is 0 Å². The van der Waals surface area contributed by atoms with Crippen molar-refractivity contribution >= 4 is 10.8 Å². The van der Waals surface area contributed by atoms with Crippen LogP contribution in [-0.2, 0) is 6.42 Å². The van der Waals surface area contributed by atoms with E-state index in [1.807, 2.05) is 13.8 Å². The van der Waals surface area contributed by atoms with Crippen LogP contribution in [0.2, 0.25) is 0 Å². The maximum atomic E-state index is 3.52. The highest BCUT2D eigenvalue weighted by Crippen LogP contribution is 2.19. The Morgan fingerprint density at radius 1 is 1.00 bits per heavy atom. The molecule has 0 N–H and O–H groups in total. The van der Waals surface area contributed by atoms with Gasteiger partial charge in [-0.2, -0.15) is 0 Å². The van der Waals surface area contributed by atoms with E-state index in [2.05, 4.69) is 60.9 Å². The van der Waals surface area contributed by atoms with Crippen molar-refractivity contribution in [1.29, 1.82) is 0 Å². The third kappa shape index (κ3) is 3.91. The number of fused-ring (bicyclic) bond motifs is 1. The minimum absolute atomic E-state index is 0.937. The van der Waals surface area contributed by atoms with E-state index >= 15 is 0 Å². The molecule has 2 aromatic carbocycles. The third-order valence-electron chi connectivity index (χ3n) is 2.75. The predicted molar refractivity (Wildman–Crippen MR) is 80.6 cm³/mol. The van der Waals surface area contributed by atoms with Crippen LogP contribution in [0, 0.1) is 6.08 Å². The molecule has 2 rings (SSSR count). The van der Waals surface area contributed by atoms with Crippen molar-refractivity contribution in [2.24, 2.45) is 0 Å². The van der Waals surface area contributed by atoms with E-state index in [9.17, 15) is 0 Å². The Bertz CT molecular complexity index is 511. The molecule has 2 aromatic rings. The second-order valence-electron chi connectivity index (χ2n) is 3.85. The number of benzene rings is 2. The first kappa shape index (κ1) is 14.3. The maximum absolute atomic E-state index is 3.52. The predicted octanol–water partition coefficient (Wildman–Crippen LogP) is 5.33. The van der Waals surface area contributed by atoms with Gasteiger partial charge in [0.05, 0.1) is 0 Å². The van der Waals surface area contributed by atoms with Gasteiger partial charge in [-0.1, -0.05) is 62.9 Å². The number of unbranched alkanes of at least 4 members (excludes halogenated alkanes) is 1. The monoisotopic (exact) mass is 237 g/mol. The largest absolute Gasteiger partial charge is 0.124 e. The average Bonchev–Trinajstić information content (AvgIpc) is 2.46. The smallest absolute Gasteiger partial charge is 0.00424 e. The number of aryl methyl sites for hydroxylation is 1. The summed E-state index contributed by atoms with van der Waals surface area (Å²) in [4.78, 5) is 0. The van der Waals surface area contributed by atoms with Crippen LogP contribution in [0.1, 0.15) is 32.3 Å². The first-order valence-corrected chi connectivity index (χ1v) is 6.63. The summed E-state index contributed by atoms with van der Waals surface area (Å²) < 4.78 is 0. The standard InChI is InChI=1S/C16H15.C2H6/c1-2-3-4-5-9-14-11-8-12-15-10-6-7-13-16(14)15;1-2/h6-8,10-13H,1,4-5,9H2;1-2H3. The van der Waals surface area contributed by atoms with Gasteiger partial charge in [0.15, 0.2) is 0 Å². The molecule has 18 heavy (non-hydrogen) atoms. The quantitative estimate of drug-likeness (QED) is 0.498. The van der Waals surface area contributed by atoms with Crippen molar-refractivity contribution < 1.29 is 0 Å². The summed E-state index contributed by atoms with van der Waals surface area (Å²) in [5.41, 5.74) is 4.11. The molecule has 0 spiro atoms. The van der Waals surface area contributed by atoms with Crippen LogP contribution in [0.3, 0.4) is 0 Å². The molecule has 0 aliphatic heterocycles. The van der Waals surface area contributed by atoms with Crippen LogP contribution in [0.4, 0.5) is 0 Å². The lowest BCUT2D eigenvalue weighted by Crippen LogP contribution is -1.86. The fraction of sp³-hybridized carbons (Fsp3) is 0.278. The van der Waals surface area contributed by atoms with Gasteiger partial charge >= 0.3 is 0 Å². The zero-order valence-electron chi connectivity index (χ0n) is 11.4. The molecule has 0 aliphatic carbocycles. The van der Waals surface area contributed by atoms with E-state index in [0.717, 1.165) is 19.3 Å². The molecule has 0 aromatic heterocycles. The van der Waals surface area contributed by atoms with Gasteiger partial charge in [-0.25, -0.2) is 0 Å². The van der Waals surface area contributed by atoms with Crippen LogP contribution in [0.25, 0.3) is 10.8 Å². The topological polar surface area (TPSA) is 0 Å². The first-order chi connectivity index (χ1) is 8.92. The molecule has 93 valence electrons. The van der Waals surface area contributed by atoms with E-state index in [-0.39, 0.29) is 0 Å². The van der Waals surface area contributed by atoms with Gasteiger partial charge in [-0.3, -0.25) is 0 Å². The minimum atomic E-state index is 0.937. The van der Waals surface area contributed by atoms with E-state index in [4.69, 9.17) is 0 Å². The van der Waals surface area contributed by atoms with Crippen molar-refractivity contribution in [3.05, 3.63) is 66.4 Å². The van der Waals surface area contributed by atoms with E-state index < -0.39 is 0 Å². The zero-order chi connectivity index (χ0) is 13.2. The van der Waals surface area contributed by atoms with Crippen LogP contribution in [0.15, 0.2) is 54.8 Å². The molecule has 0 saturated carbocycles. The molecule has 0 heterocycles. The summed E-state index contributed by atoms with van der Waals surface area (Å²) in [6, 6.07) is 15.0. The normalized spacial score (nSPS) is 9.22. The van der Waals surface area contributed by atoms with Crippen molar-refractivity contribution in [1.82, 2.24) is 0 Å². The van der Waals surface area contributed by atoms with Crippen molar-refractivity contribution in [3.8, 4) is 0 Å². The van der Waals surface area contributed by atoms with Crippen LogP contribution in [0.5, 0.6) is 0 Å². The van der Waals surface area contributed by atoms with Crippen LogP contribution >= 0.6 is 0 Å². The van der Waals surface area contributed by atoms with Crippen molar-refractivity contribution in [2.45, 2.75) is 33.1 Å². The van der Waals surface area contributed by atoms with E-state index in [0.29, 0.717) is 0 Å². The molecule has 0 amide bonds. The summed E-state index contributed by atoms with van der Waals surface area (Å²) in [6.45, 7) is 7.52. The molecule has 0 heteroatoms. The van der Waals surface area contributed by atoms with E-state index in [1.165, 1.54) is 16.3 Å². The second kappa shape index (κ2) is 8.33. The highest BCUT2D eigenvalue weighted by atomic mass is 14.0. The summed E-state index contributed by atoms with van der Waals surface area (Å²) in [5.74, 6) is 0. The van der Waals surface area contributed by atoms with Gasteiger partial charge in [0.25, 0.3) is 0 Å². The Balaban J connectivity index is 0.000000771. The molecule has 0 saturated heterocycles. The fourth-order valence-electron chi connectivity index (χ4n) is 1.97. The highest BCUT2D eigenvalue weighted by Gasteiger charge is 1.98. The van der Waals surface area contributed by atoms with Crippen molar-refractivity contribution in [3.63, 3.8) is 0 Å². The Kier molecular flexibility index (Phi) is 6.61. The lowest BCUT2D eigenvalue weighted by molar-refractivity contribution is 0.837. The third-order valence-corrected chi connectivity index (χ3v) is 2.75. The summed E-state index contributed by atoms with van der Waals surface area (Å²) >= 11 is 0. The maximum Gasteiger partial charge on any atom is 0.00424 e. The Morgan fingerprint density at radius 2 is 1.72 bits per heavy atom. The Morgan fingerprint density at radius 3 is 2.50 bits per heavy atom. The van der Waals surface area contributed by atoms with Gasteiger partial charge in [0, 0.05) is 6.08 Å². The summed E-state index contributed by atoms with van der Waals surface area (Å²) in [5, 5.41) is 2.69. The minimum Gasteiger partial charge on any atom is -0.124 e. The number of hydrogen-bond acceptors (Lipinski definition) is 0. The highest BCUT2D eigenvalue weighted by molar-refractivity contribution is 5.85.